The fraction of sp³-hybridized carbons (Fsp3) is 0.619. The average Bonchev–Trinajstić information content (AvgIpc) is 3.13. The van der Waals surface area contributed by atoms with Gasteiger partial charge >= 0.3 is 0 Å². The van der Waals surface area contributed by atoms with Crippen LogP contribution in [-0.4, -0.2) is 84.4 Å². The van der Waals surface area contributed by atoms with Gasteiger partial charge in [0.1, 0.15) is 5.82 Å². The van der Waals surface area contributed by atoms with E-state index in [1.807, 2.05) is 17.0 Å². The van der Waals surface area contributed by atoms with Crippen molar-refractivity contribution in [2.45, 2.75) is 30.8 Å². The Morgan fingerprint density at radius 3 is 2.57 bits per heavy atom. The molecule has 0 radical (unpaired) electrons. The van der Waals surface area contributed by atoms with Crippen LogP contribution >= 0.6 is 0 Å². The summed E-state index contributed by atoms with van der Waals surface area (Å²) in [5.41, 5.74) is 1.12. The van der Waals surface area contributed by atoms with E-state index in [-0.39, 0.29) is 29.6 Å². The van der Waals surface area contributed by atoms with Crippen molar-refractivity contribution in [1.29, 1.82) is 0 Å². The molecule has 5 fully saturated rings. The first-order chi connectivity index (χ1) is 13.6. The molecule has 0 unspecified atom stereocenters. The molecule has 5 heterocycles. The Labute approximate surface area is 164 Å². The Balaban J connectivity index is 1.39. The molecule has 2 bridgehead atoms. The van der Waals surface area contributed by atoms with Crippen molar-refractivity contribution in [2.75, 3.05) is 45.8 Å². The van der Waals surface area contributed by atoms with Crippen molar-refractivity contribution < 1.29 is 14.0 Å². The molecule has 7 heteroatoms. The molecule has 6 rings (SSSR count). The van der Waals surface area contributed by atoms with Crippen LogP contribution in [0.3, 0.4) is 0 Å². The molecule has 5 aliphatic rings. The van der Waals surface area contributed by atoms with Crippen molar-refractivity contribution in [3.05, 3.63) is 35.6 Å². The summed E-state index contributed by atoms with van der Waals surface area (Å²) in [4.78, 5) is 31.5. The summed E-state index contributed by atoms with van der Waals surface area (Å²) in [6.45, 7) is 4.80. The number of benzene rings is 1. The van der Waals surface area contributed by atoms with E-state index in [1.165, 1.54) is 12.1 Å². The molecule has 6 nitrogen and oxygen atoms in total. The summed E-state index contributed by atoms with van der Waals surface area (Å²) < 4.78 is 13.4. The number of piperazine rings is 1. The van der Waals surface area contributed by atoms with Gasteiger partial charge in [0, 0.05) is 31.6 Å². The van der Waals surface area contributed by atoms with Crippen molar-refractivity contribution in [3.63, 3.8) is 0 Å². The van der Waals surface area contributed by atoms with Crippen LogP contribution in [0.1, 0.15) is 24.3 Å². The number of carbonyl (C=O) groups is 2. The number of likely N-dealkylation sites (tertiary alicyclic amines) is 1. The molecule has 1 aromatic rings. The Hall–Kier alpha value is -1.99. The summed E-state index contributed by atoms with van der Waals surface area (Å²) in [6, 6.07) is 7.37. The molecule has 3 atom stereocenters. The third-order valence-electron chi connectivity index (χ3n) is 7.09. The molecule has 5 saturated heterocycles. The highest BCUT2D eigenvalue weighted by molar-refractivity contribution is 5.82. The van der Waals surface area contributed by atoms with Gasteiger partial charge in [0.15, 0.2) is 0 Å². The highest BCUT2D eigenvalue weighted by atomic mass is 19.1. The third kappa shape index (κ3) is 3.10. The van der Waals surface area contributed by atoms with Gasteiger partial charge < -0.3 is 10.2 Å². The van der Waals surface area contributed by atoms with Gasteiger partial charge in [-0.3, -0.25) is 19.4 Å². The number of nitrogens with zero attached hydrogens (tertiary/aromatic N) is 3. The minimum Gasteiger partial charge on any atom is -0.354 e. The number of halogens is 1. The number of fused-ring (bicyclic) bond motifs is 2. The lowest BCUT2D eigenvalue weighted by atomic mass is 9.75. The first-order valence-corrected chi connectivity index (χ1v) is 10.4. The molecule has 0 saturated carbocycles. The van der Waals surface area contributed by atoms with Crippen molar-refractivity contribution in [1.82, 2.24) is 20.0 Å². The second kappa shape index (κ2) is 7.12. The zero-order chi connectivity index (χ0) is 19.3. The van der Waals surface area contributed by atoms with Gasteiger partial charge in [0.05, 0.1) is 19.1 Å². The highest BCUT2D eigenvalue weighted by Crippen LogP contribution is 2.46. The zero-order valence-electron chi connectivity index (χ0n) is 16.0. The van der Waals surface area contributed by atoms with E-state index >= 15 is 0 Å². The molecule has 150 valence electrons. The van der Waals surface area contributed by atoms with Gasteiger partial charge in [-0.1, -0.05) is 12.1 Å². The molecule has 0 aromatic heterocycles. The molecule has 1 aromatic carbocycles. The SMILES string of the molecule is O=C1CN(CC(=O)N2C[C@@H](c3ccc(F)cc3)[C@@H]3[C@H]2C2CCN3CC2)CCN1. The first-order valence-electron chi connectivity index (χ1n) is 10.4. The number of rotatable bonds is 3. The monoisotopic (exact) mass is 386 g/mol. The van der Waals surface area contributed by atoms with Crippen molar-refractivity contribution >= 4 is 11.8 Å². The summed E-state index contributed by atoms with van der Waals surface area (Å²) in [5.74, 6) is 0.671. The molecule has 0 spiro atoms. The molecule has 0 aliphatic carbocycles. The molecule has 2 amide bonds. The number of piperidine rings is 3. The molecule has 1 N–H and O–H groups in total. The quantitative estimate of drug-likeness (QED) is 0.829. The van der Waals surface area contributed by atoms with E-state index in [0.717, 1.165) is 38.0 Å². The second-order valence-electron chi connectivity index (χ2n) is 8.62. The standard InChI is InChI=1S/C21H27FN4O2/c22-16-3-1-14(2-4-16)17-11-26(19(28)13-24-10-7-23-18(27)12-24)20-15-5-8-25(9-6-15)21(17)20/h1-4,15,17,20-21H,5-13H2,(H,23,27)/t17-,20+,21+/m0/s1. The van der Waals surface area contributed by atoms with Crippen LogP contribution in [0, 0.1) is 11.7 Å². The lowest BCUT2D eigenvalue weighted by Crippen LogP contribution is -2.61. The van der Waals surface area contributed by atoms with E-state index in [1.54, 1.807) is 0 Å². The van der Waals surface area contributed by atoms with E-state index < -0.39 is 0 Å². The van der Waals surface area contributed by atoms with Gasteiger partial charge in [0.2, 0.25) is 11.8 Å². The van der Waals surface area contributed by atoms with Gasteiger partial charge in [-0.05, 0) is 49.5 Å². The summed E-state index contributed by atoms with van der Waals surface area (Å²) in [7, 11) is 0. The van der Waals surface area contributed by atoms with Crippen LogP contribution in [0.5, 0.6) is 0 Å². The first kappa shape index (κ1) is 18.1. The van der Waals surface area contributed by atoms with Gasteiger partial charge in [0.25, 0.3) is 0 Å². The van der Waals surface area contributed by atoms with Crippen LogP contribution in [-0.2, 0) is 9.59 Å². The molecular weight excluding hydrogens is 359 g/mol. The number of carbonyl (C=O) groups excluding carboxylic acids is 2. The van der Waals surface area contributed by atoms with Crippen LogP contribution in [0.15, 0.2) is 24.3 Å². The third-order valence-corrected chi connectivity index (χ3v) is 7.09. The van der Waals surface area contributed by atoms with Crippen LogP contribution < -0.4 is 5.32 Å². The Bertz CT molecular complexity index is 762. The maximum Gasteiger partial charge on any atom is 0.237 e. The minimum atomic E-state index is -0.222. The zero-order valence-corrected chi connectivity index (χ0v) is 16.0. The molecular formula is C21H27FN4O2. The lowest BCUT2D eigenvalue weighted by molar-refractivity contribution is -0.138. The number of hydrogen-bond acceptors (Lipinski definition) is 4. The van der Waals surface area contributed by atoms with Crippen LogP contribution in [0.4, 0.5) is 4.39 Å². The number of amides is 2. The van der Waals surface area contributed by atoms with E-state index in [2.05, 4.69) is 15.1 Å². The van der Waals surface area contributed by atoms with Gasteiger partial charge in [-0.2, -0.15) is 0 Å². The summed E-state index contributed by atoms with van der Waals surface area (Å²) in [6.07, 6.45) is 2.29. The largest absolute Gasteiger partial charge is 0.354 e. The van der Waals surface area contributed by atoms with Crippen molar-refractivity contribution in [3.8, 4) is 0 Å². The predicted molar refractivity (Wildman–Crippen MR) is 102 cm³/mol. The maximum atomic E-state index is 13.4. The van der Waals surface area contributed by atoms with Crippen LogP contribution in [0.2, 0.25) is 0 Å². The average molecular weight is 386 g/mol. The Kier molecular flexibility index (Phi) is 4.59. The van der Waals surface area contributed by atoms with E-state index in [9.17, 15) is 14.0 Å². The smallest absolute Gasteiger partial charge is 0.237 e. The fourth-order valence-corrected chi connectivity index (χ4v) is 5.82. The number of hydrogen-bond donors (Lipinski definition) is 1. The van der Waals surface area contributed by atoms with Gasteiger partial charge in [-0.25, -0.2) is 4.39 Å². The lowest BCUT2D eigenvalue weighted by Gasteiger charge is -2.51. The second-order valence-corrected chi connectivity index (χ2v) is 8.62. The van der Waals surface area contributed by atoms with E-state index in [4.69, 9.17) is 0 Å². The predicted octanol–water partition coefficient (Wildman–Crippen LogP) is 0.646. The minimum absolute atomic E-state index is 0.00892. The Morgan fingerprint density at radius 2 is 1.86 bits per heavy atom. The summed E-state index contributed by atoms with van der Waals surface area (Å²) in [5, 5.41) is 2.81. The highest BCUT2D eigenvalue weighted by Gasteiger charge is 2.54. The summed E-state index contributed by atoms with van der Waals surface area (Å²) >= 11 is 0. The van der Waals surface area contributed by atoms with Crippen LogP contribution in [0.25, 0.3) is 0 Å². The van der Waals surface area contributed by atoms with Crippen molar-refractivity contribution in [2.24, 2.45) is 5.92 Å². The normalized spacial score (nSPS) is 35.0. The topological polar surface area (TPSA) is 55.9 Å². The van der Waals surface area contributed by atoms with E-state index in [0.29, 0.717) is 38.1 Å². The molecule has 5 aliphatic heterocycles. The Morgan fingerprint density at radius 1 is 1.11 bits per heavy atom. The maximum absolute atomic E-state index is 13.4. The van der Waals surface area contributed by atoms with Gasteiger partial charge in [-0.15, -0.1) is 0 Å². The molecule has 28 heavy (non-hydrogen) atoms. The fourth-order valence-electron chi connectivity index (χ4n) is 5.82. The number of nitrogens with one attached hydrogen (secondary N) is 1.